The van der Waals surface area contributed by atoms with Crippen molar-refractivity contribution in [3.63, 3.8) is 0 Å². The van der Waals surface area contributed by atoms with Gasteiger partial charge in [-0.3, -0.25) is 9.97 Å². The number of aromatic nitrogens is 4. The largest absolute Gasteiger partial charge is 0.313 e. The summed E-state index contributed by atoms with van der Waals surface area (Å²) in [5.74, 6) is 0.625. The molecule has 0 spiro atoms. The van der Waals surface area contributed by atoms with Crippen molar-refractivity contribution >= 4 is 44.4 Å². The molecule has 4 nitrogen and oxygen atoms in total. The fraction of sp³-hybridized carbons (Fsp3) is 0.0968. The van der Waals surface area contributed by atoms with Crippen molar-refractivity contribution in [2.45, 2.75) is 38.5 Å². The number of fused-ring (bicyclic) bond motifs is 9. The van der Waals surface area contributed by atoms with Gasteiger partial charge in [0.2, 0.25) is 0 Å². The Labute approximate surface area is 384 Å². The molecule has 314 valence electrons. The van der Waals surface area contributed by atoms with Crippen LogP contribution in [0.15, 0.2) is 200 Å². The molecule has 4 heteroatoms. The summed E-state index contributed by atoms with van der Waals surface area (Å²) in [5.41, 5.74) is 23.2. The molecule has 0 aliphatic heterocycles. The van der Waals surface area contributed by atoms with Crippen LogP contribution in [0, 0.1) is 0 Å². The van der Waals surface area contributed by atoms with E-state index in [1.165, 1.54) is 88.6 Å². The Morgan fingerprint density at radius 3 is 1.48 bits per heavy atom. The highest BCUT2D eigenvalue weighted by atomic mass is 15.0. The van der Waals surface area contributed by atoms with Crippen LogP contribution in [-0.4, -0.2) is 19.1 Å². The molecule has 4 aromatic heterocycles. The Morgan fingerprint density at radius 1 is 0.409 bits per heavy atom. The van der Waals surface area contributed by atoms with Crippen molar-refractivity contribution in [3.8, 4) is 56.0 Å². The molecule has 2 aliphatic rings. The molecule has 0 N–H and O–H groups in total. The Hall–Kier alpha value is -8.08. The minimum atomic E-state index is 0.310. The molecule has 11 aromatic rings. The summed E-state index contributed by atoms with van der Waals surface area (Å²) in [6, 6.07) is 68.5. The first-order chi connectivity index (χ1) is 32.6. The first kappa shape index (κ1) is 38.4. The van der Waals surface area contributed by atoms with Gasteiger partial charge in [0.15, 0.2) is 0 Å². The quantitative estimate of drug-likeness (QED) is 0.167. The van der Waals surface area contributed by atoms with Crippen LogP contribution < -0.4 is 0 Å². The van der Waals surface area contributed by atoms with Gasteiger partial charge in [0.05, 0.1) is 27.9 Å². The van der Waals surface area contributed by atoms with Crippen molar-refractivity contribution in [3.05, 3.63) is 229 Å². The average molecular weight is 847 g/mol. The van der Waals surface area contributed by atoms with Crippen molar-refractivity contribution in [1.29, 1.82) is 0 Å². The number of allylic oxidation sites excluding steroid dienone is 1. The predicted octanol–water partition coefficient (Wildman–Crippen LogP) is 15.9. The van der Waals surface area contributed by atoms with Crippen LogP contribution in [0.5, 0.6) is 0 Å². The first-order valence-corrected chi connectivity index (χ1v) is 23.2. The highest BCUT2D eigenvalue weighted by Crippen LogP contribution is 2.52. The Morgan fingerprint density at radius 2 is 0.909 bits per heavy atom. The molecule has 0 saturated carbocycles. The summed E-state index contributed by atoms with van der Waals surface area (Å²) in [5, 5.41) is 3.82. The highest BCUT2D eigenvalue weighted by molar-refractivity contribution is 6.12. The fourth-order valence-corrected chi connectivity index (χ4v) is 11.0. The number of rotatable bonds is 6. The van der Waals surface area contributed by atoms with Gasteiger partial charge >= 0.3 is 0 Å². The van der Waals surface area contributed by atoms with Gasteiger partial charge in [-0.1, -0.05) is 129 Å². The van der Waals surface area contributed by atoms with Crippen LogP contribution in [-0.2, 0) is 6.42 Å². The standard InChI is InChI=1S/C62H46N4/c1-39-40(2)50-34-56-54-32-44(58-28-24-46(38-64-58)42-17-9-4-10-18-42)26-30-60(54)66(48-21-13-6-14-22-48)62(56)36-52(50)51-35-61-55(33-49(39)51)53-31-43(25-29-59(53)65(61)47-19-11-5-12-20-47)57-27-23-45(37-63-57)41-15-7-3-8-16-41/h3-25,27-29,31-40H,26,30H2,1-2H3. The van der Waals surface area contributed by atoms with Crippen LogP contribution in [0.25, 0.3) is 100 Å². The van der Waals surface area contributed by atoms with E-state index in [0.717, 1.165) is 46.6 Å². The van der Waals surface area contributed by atoms with Crippen LogP contribution in [0.1, 0.15) is 60.2 Å². The van der Waals surface area contributed by atoms with Gasteiger partial charge in [-0.25, -0.2) is 0 Å². The summed E-state index contributed by atoms with van der Waals surface area (Å²) < 4.78 is 4.99. The molecule has 0 fully saturated rings. The smallest absolute Gasteiger partial charge is 0.0702 e. The molecule has 0 bridgehead atoms. The molecular weight excluding hydrogens is 801 g/mol. The van der Waals surface area contributed by atoms with Gasteiger partial charge < -0.3 is 9.13 Å². The normalized spacial score (nSPS) is 15.4. The zero-order valence-corrected chi connectivity index (χ0v) is 37.0. The van der Waals surface area contributed by atoms with E-state index in [4.69, 9.17) is 9.97 Å². The second-order valence-corrected chi connectivity index (χ2v) is 18.2. The van der Waals surface area contributed by atoms with Crippen molar-refractivity contribution in [2.75, 3.05) is 0 Å². The molecule has 0 amide bonds. The molecule has 0 saturated heterocycles. The monoisotopic (exact) mass is 846 g/mol. The number of para-hydroxylation sites is 2. The molecular formula is C62H46N4. The maximum atomic E-state index is 5.04. The lowest BCUT2D eigenvalue weighted by atomic mass is 9.72. The van der Waals surface area contributed by atoms with E-state index < -0.39 is 0 Å². The van der Waals surface area contributed by atoms with E-state index in [1.54, 1.807) is 0 Å². The number of nitrogens with zero attached hydrogens (tertiary/aromatic N) is 4. The fourth-order valence-electron chi connectivity index (χ4n) is 11.0. The van der Waals surface area contributed by atoms with E-state index in [9.17, 15) is 0 Å². The van der Waals surface area contributed by atoms with Crippen molar-refractivity contribution in [2.24, 2.45) is 0 Å². The first-order valence-electron chi connectivity index (χ1n) is 23.2. The maximum Gasteiger partial charge on any atom is 0.0702 e. The van der Waals surface area contributed by atoms with Crippen LogP contribution >= 0.6 is 0 Å². The summed E-state index contributed by atoms with van der Waals surface area (Å²) in [7, 11) is 0. The predicted molar refractivity (Wildman–Crippen MR) is 274 cm³/mol. The van der Waals surface area contributed by atoms with Crippen molar-refractivity contribution < 1.29 is 0 Å². The molecule has 0 radical (unpaired) electrons. The second kappa shape index (κ2) is 15.3. The summed E-state index contributed by atoms with van der Waals surface area (Å²) in [6.45, 7) is 4.86. The van der Waals surface area contributed by atoms with E-state index >= 15 is 0 Å². The lowest BCUT2D eigenvalue weighted by Gasteiger charge is -2.32. The van der Waals surface area contributed by atoms with E-state index in [0.29, 0.717) is 11.8 Å². The third-order valence-electron chi connectivity index (χ3n) is 14.6. The molecule has 4 heterocycles. The molecule has 7 aromatic carbocycles. The van der Waals surface area contributed by atoms with Gasteiger partial charge in [0.25, 0.3) is 0 Å². The summed E-state index contributed by atoms with van der Waals surface area (Å²) >= 11 is 0. The SMILES string of the molecule is CC1c2cc3c4c(n(-c5ccccc5)c3cc2-c2cc3c(cc2C1C)c1cc(-c2ccc(-c5ccccc5)cn2)ccc1n3-c1ccccc1)CCC(c1ccc(-c2ccccc2)cn1)=C4. The molecule has 66 heavy (non-hydrogen) atoms. The summed E-state index contributed by atoms with van der Waals surface area (Å²) in [4.78, 5) is 10.0. The third-order valence-corrected chi connectivity index (χ3v) is 14.6. The number of hydrogen-bond donors (Lipinski definition) is 0. The van der Waals surface area contributed by atoms with Crippen LogP contribution in [0.3, 0.4) is 0 Å². The number of hydrogen-bond acceptors (Lipinski definition) is 2. The van der Waals surface area contributed by atoms with Crippen molar-refractivity contribution in [1.82, 2.24) is 19.1 Å². The zero-order chi connectivity index (χ0) is 43.9. The third kappa shape index (κ3) is 6.13. The van der Waals surface area contributed by atoms with Gasteiger partial charge in [-0.05, 0) is 143 Å². The van der Waals surface area contributed by atoms with E-state index in [1.807, 2.05) is 12.4 Å². The average Bonchev–Trinajstić information content (AvgIpc) is 3.89. The number of benzene rings is 7. The number of pyridine rings is 2. The Kier molecular flexibility index (Phi) is 8.89. The Bertz CT molecular complexity index is 3680. The lowest BCUT2D eigenvalue weighted by molar-refractivity contribution is 0.617. The second-order valence-electron chi connectivity index (χ2n) is 18.2. The zero-order valence-electron chi connectivity index (χ0n) is 37.0. The topological polar surface area (TPSA) is 35.6 Å². The minimum Gasteiger partial charge on any atom is -0.313 e. The van der Waals surface area contributed by atoms with Crippen LogP contribution in [0.2, 0.25) is 0 Å². The molecule has 13 rings (SSSR count). The van der Waals surface area contributed by atoms with Gasteiger partial charge in [-0.2, -0.15) is 0 Å². The van der Waals surface area contributed by atoms with E-state index in [-0.39, 0.29) is 0 Å². The van der Waals surface area contributed by atoms with Gasteiger partial charge in [0, 0.05) is 67.9 Å². The summed E-state index contributed by atoms with van der Waals surface area (Å²) in [6.07, 6.45) is 8.33. The van der Waals surface area contributed by atoms with Gasteiger partial charge in [-0.15, -0.1) is 0 Å². The molecule has 2 atom stereocenters. The Balaban J connectivity index is 0.989. The lowest BCUT2D eigenvalue weighted by Crippen LogP contribution is -2.13. The van der Waals surface area contributed by atoms with Gasteiger partial charge in [0.1, 0.15) is 0 Å². The maximum absolute atomic E-state index is 5.04. The highest BCUT2D eigenvalue weighted by Gasteiger charge is 2.32. The molecule has 2 unspecified atom stereocenters. The minimum absolute atomic E-state index is 0.310. The van der Waals surface area contributed by atoms with E-state index in [2.05, 4.69) is 217 Å². The van der Waals surface area contributed by atoms with Crippen LogP contribution in [0.4, 0.5) is 0 Å². The molecule has 2 aliphatic carbocycles.